The molecule has 4 aromatic rings. The van der Waals surface area contributed by atoms with Crippen LogP contribution in [0.3, 0.4) is 0 Å². The summed E-state index contributed by atoms with van der Waals surface area (Å²) >= 11 is 7.99. The highest BCUT2D eigenvalue weighted by molar-refractivity contribution is 7.19. The lowest BCUT2D eigenvalue weighted by Crippen LogP contribution is -2.53. The molecule has 1 atom stereocenters. The van der Waals surface area contributed by atoms with E-state index in [4.69, 9.17) is 21.1 Å². The number of nitrogens with zero attached hydrogens (tertiary/aromatic N) is 1. The largest absolute Gasteiger partial charge is 0.492 e. The number of esters is 1. The Bertz CT molecular complexity index is 1530. The number of benzene rings is 2. The van der Waals surface area contributed by atoms with Crippen molar-refractivity contribution in [1.82, 2.24) is 4.98 Å². The van der Waals surface area contributed by atoms with Crippen molar-refractivity contribution in [2.45, 2.75) is 62.8 Å². The monoisotopic (exact) mass is 574 g/mol. The zero-order valence-electron chi connectivity index (χ0n) is 23.0. The quantitative estimate of drug-likeness (QED) is 0.170. The van der Waals surface area contributed by atoms with E-state index in [9.17, 15) is 4.79 Å². The van der Waals surface area contributed by atoms with Crippen molar-refractivity contribution in [2.75, 3.05) is 19.0 Å². The first kappa shape index (κ1) is 27.1. The first-order chi connectivity index (χ1) is 19.4. The minimum atomic E-state index is -0.762. The molecule has 2 aromatic carbocycles. The zero-order valence-corrected chi connectivity index (χ0v) is 24.6. The molecule has 2 heterocycles. The number of aromatic nitrogens is 1. The molecule has 1 fully saturated rings. The molecule has 208 valence electrons. The molecule has 1 saturated carbocycles. The molecule has 40 heavy (non-hydrogen) atoms. The number of nitrogens with one attached hydrogen (secondary N) is 1. The van der Waals surface area contributed by atoms with Crippen molar-refractivity contribution >= 4 is 44.8 Å². The van der Waals surface area contributed by atoms with Gasteiger partial charge in [0.15, 0.2) is 0 Å². The second-order valence-corrected chi connectivity index (χ2v) is 13.0. The van der Waals surface area contributed by atoms with Gasteiger partial charge >= 0.3 is 5.97 Å². The fourth-order valence-electron chi connectivity index (χ4n) is 7.12. The van der Waals surface area contributed by atoms with Crippen LogP contribution in [0.15, 0.2) is 66.9 Å². The third-order valence-electron chi connectivity index (χ3n) is 9.04. The Morgan fingerprint density at radius 1 is 1.10 bits per heavy atom. The van der Waals surface area contributed by atoms with Gasteiger partial charge in [0.25, 0.3) is 0 Å². The van der Waals surface area contributed by atoms with Crippen molar-refractivity contribution in [1.29, 1.82) is 0 Å². The van der Waals surface area contributed by atoms with Crippen LogP contribution in [0.25, 0.3) is 10.2 Å². The Hall–Kier alpha value is -3.09. The van der Waals surface area contributed by atoms with E-state index in [2.05, 4.69) is 47.6 Å². The number of methoxy groups -OCH3 is 1. The van der Waals surface area contributed by atoms with Gasteiger partial charge in [-0.1, -0.05) is 41.9 Å². The molecule has 2 aliphatic carbocycles. The summed E-state index contributed by atoms with van der Waals surface area (Å²) in [6, 6.07) is 20.6. The van der Waals surface area contributed by atoms with Crippen LogP contribution in [-0.4, -0.2) is 30.2 Å². The number of hydrogen-bond donors (Lipinski definition) is 1. The van der Waals surface area contributed by atoms with E-state index in [-0.39, 0.29) is 11.4 Å². The molecule has 1 unspecified atom stereocenters. The van der Waals surface area contributed by atoms with Crippen LogP contribution in [0, 0.1) is 12.8 Å². The van der Waals surface area contributed by atoms with Crippen molar-refractivity contribution in [3.8, 4) is 5.75 Å². The van der Waals surface area contributed by atoms with Gasteiger partial charge in [0, 0.05) is 21.8 Å². The van der Waals surface area contributed by atoms with Gasteiger partial charge in [-0.15, -0.1) is 11.3 Å². The number of halogens is 1. The fraction of sp³-hybridized carbons (Fsp3) is 0.394. The van der Waals surface area contributed by atoms with Crippen molar-refractivity contribution < 1.29 is 14.3 Å². The molecule has 0 aliphatic heterocycles. The first-order valence-electron chi connectivity index (χ1n) is 14.1. The van der Waals surface area contributed by atoms with Gasteiger partial charge in [0.1, 0.15) is 11.3 Å². The van der Waals surface area contributed by atoms with Gasteiger partial charge in [0.2, 0.25) is 0 Å². The van der Waals surface area contributed by atoms with E-state index in [0.29, 0.717) is 30.4 Å². The second-order valence-electron chi connectivity index (χ2n) is 11.3. The molecule has 1 N–H and O–H groups in total. The third-order valence-corrected chi connectivity index (χ3v) is 10.3. The predicted molar refractivity (Wildman–Crippen MR) is 163 cm³/mol. The van der Waals surface area contributed by atoms with Gasteiger partial charge in [-0.2, -0.15) is 0 Å². The topological polar surface area (TPSA) is 60.5 Å². The number of hydrogen-bond acceptors (Lipinski definition) is 6. The summed E-state index contributed by atoms with van der Waals surface area (Å²) < 4.78 is 12.8. The van der Waals surface area contributed by atoms with Gasteiger partial charge in [-0.05, 0) is 105 Å². The Labute approximate surface area is 244 Å². The maximum Gasteiger partial charge on any atom is 0.331 e. The fourth-order valence-corrected chi connectivity index (χ4v) is 8.25. The maximum atomic E-state index is 13.2. The van der Waals surface area contributed by atoms with Crippen LogP contribution in [0.4, 0.5) is 5.69 Å². The van der Waals surface area contributed by atoms with Crippen molar-refractivity contribution in [2.24, 2.45) is 5.92 Å². The standard InChI is InChI=1S/C33H35ClN2O3S/c1-22-19-28-30(40-22)29(12-17-35-28)39-18-6-8-24-20-23-7-3-4-11-27(23)32(24)13-15-33(16-14-32,31(37)38-2)36-26-10-5-9-25(34)21-26/h3-5,7,9-12,17,19,21,24,36H,6,8,13-16,18,20H2,1-2H3. The molecular weight excluding hydrogens is 540 g/mol. The highest BCUT2D eigenvalue weighted by atomic mass is 35.5. The van der Waals surface area contributed by atoms with E-state index in [0.717, 1.165) is 53.8 Å². The number of anilines is 1. The van der Waals surface area contributed by atoms with Gasteiger partial charge in [-0.25, -0.2) is 4.79 Å². The van der Waals surface area contributed by atoms with Crippen molar-refractivity contribution in [3.63, 3.8) is 0 Å². The van der Waals surface area contributed by atoms with E-state index < -0.39 is 5.54 Å². The third kappa shape index (κ3) is 4.97. The van der Waals surface area contributed by atoms with E-state index in [1.54, 1.807) is 11.3 Å². The lowest BCUT2D eigenvalue weighted by atomic mass is 9.60. The summed E-state index contributed by atoms with van der Waals surface area (Å²) in [5.74, 6) is 1.24. The van der Waals surface area contributed by atoms with Crippen LogP contribution in [0.1, 0.15) is 54.5 Å². The van der Waals surface area contributed by atoms with Gasteiger partial charge in [0.05, 0.1) is 23.9 Å². The minimum Gasteiger partial charge on any atom is -0.492 e. The number of aryl methyl sites for hydroxylation is 1. The molecule has 2 aromatic heterocycles. The highest BCUT2D eigenvalue weighted by Gasteiger charge is 2.54. The zero-order chi connectivity index (χ0) is 27.7. The number of thiophene rings is 1. The van der Waals surface area contributed by atoms with E-state index in [1.807, 2.05) is 36.5 Å². The van der Waals surface area contributed by atoms with Gasteiger partial charge in [-0.3, -0.25) is 4.98 Å². The summed E-state index contributed by atoms with van der Waals surface area (Å²) in [4.78, 5) is 18.9. The number of fused-ring (bicyclic) bond motifs is 3. The predicted octanol–water partition coefficient (Wildman–Crippen LogP) is 8.13. The lowest BCUT2D eigenvalue weighted by molar-refractivity contribution is -0.148. The van der Waals surface area contributed by atoms with Crippen LogP contribution in [-0.2, 0) is 21.4 Å². The summed E-state index contributed by atoms with van der Waals surface area (Å²) in [5.41, 5.74) is 4.06. The number of carbonyl (C=O) groups excluding carboxylic acids is 1. The maximum absolute atomic E-state index is 13.2. The summed E-state index contributed by atoms with van der Waals surface area (Å²) in [6.45, 7) is 2.79. The Morgan fingerprint density at radius 3 is 2.73 bits per heavy atom. The molecule has 1 spiro atoms. The molecular formula is C33H35ClN2O3S. The molecule has 0 radical (unpaired) electrons. The number of carbonyl (C=O) groups is 1. The molecule has 5 nitrogen and oxygen atoms in total. The smallest absolute Gasteiger partial charge is 0.331 e. The molecule has 2 aliphatic rings. The number of ether oxygens (including phenoxy) is 2. The Morgan fingerprint density at radius 2 is 1.93 bits per heavy atom. The average molecular weight is 575 g/mol. The van der Waals surface area contributed by atoms with Crippen LogP contribution >= 0.6 is 22.9 Å². The van der Waals surface area contributed by atoms with Crippen LogP contribution in [0.2, 0.25) is 5.02 Å². The summed E-state index contributed by atoms with van der Waals surface area (Å²) in [6.07, 6.45) is 8.25. The minimum absolute atomic E-state index is 0.0545. The van der Waals surface area contributed by atoms with Gasteiger partial charge < -0.3 is 14.8 Å². The first-order valence-corrected chi connectivity index (χ1v) is 15.3. The Balaban J connectivity index is 1.18. The SMILES string of the molecule is COC(=O)C1(Nc2cccc(Cl)c2)CCC2(CC1)c1ccccc1CC2CCCOc1ccnc2cc(C)sc12. The molecule has 0 saturated heterocycles. The van der Waals surface area contributed by atoms with Crippen molar-refractivity contribution in [3.05, 3.63) is 87.9 Å². The summed E-state index contributed by atoms with van der Waals surface area (Å²) in [5, 5.41) is 4.18. The van der Waals surface area contributed by atoms with Crippen LogP contribution in [0.5, 0.6) is 5.75 Å². The Kier molecular flexibility index (Phi) is 7.49. The number of pyridine rings is 1. The van der Waals surface area contributed by atoms with E-state index >= 15 is 0 Å². The normalized spacial score (nSPS) is 23.7. The second kappa shape index (κ2) is 11.1. The lowest BCUT2D eigenvalue weighted by Gasteiger charge is -2.47. The highest BCUT2D eigenvalue weighted by Crippen LogP contribution is 2.55. The summed E-state index contributed by atoms with van der Waals surface area (Å²) in [7, 11) is 1.48. The molecule has 0 amide bonds. The molecule has 0 bridgehead atoms. The molecule has 6 rings (SSSR count). The van der Waals surface area contributed by atoms with E-state index in [1.165, 1.54) is 23.1 Å². The van der Waals surface area contributed by atoms with Crippen LogP contribution < -0.4 is 10.1 Å². The number of rotatable bonds is 8. The average Bonchev–Trinajstić information content (AvgIpc) is 3.49. The molecule has 7 heteroatoms.